The topological polar surface area (TPSA) is 116 Å². The first kappa shape index (κ1) is 29.8. The lowest BCUT2D eigenvalue weighted by Gasteiger charge is -2.36. The first-order valence-electron chi connectivity index (χ1n) is 14.0. The average Bonchev–Trinajstić information content (AvgIpc) is 3.51. The molecule has 224 valence electrons. The maximum absolute atomic E-state index is 12.9. The fourth-order valence-corrected chi connectivity index (χ4v) is 6.89. The molecule has 4 aromatic heterocycles. The van der Waals surface area contributed by atoms with Crippen molar-refractivity contribution >= 4 is 50.2 Å². The van der Waals surface area contributed by atoms with Crippen molar-refractivity contribution in [1.82, 2.24) is 29.7 Å². The average molecular weight is 627 g/mol. The van der Waals surface area contributed by atoms with Crippen molar-refractivity contribution < 1.29 is 14.6 Å². The van der Waals surface area contributed by atoms with Gasteiger partial charge in [-0.1, -0.05) is 23.7 Å². The molecule has 6 rings (SSSR count). The predicted molar refractivity (Wildman–Crippen MR) is 174 cm³/mol. The summed E-state index contributed by atoms with van der Waals surface area (Å²) in [4.78, 5) is 31.8. The molecule has 11 heteroatoms. The van der Waals surface area contributed by atoms with Crippen molar-refractivity contribution in [3.05, 3.63) is 76.7 Å². The Morgan fingerprint density at radius 3 is 2.41 bits per heavy atom. The van der Waals surface area contributed by atoms with E-state index in [9.17, 15) is 9.90 Å². The molecule has 9 nitrogen and oxygen atoms in total. The van der Waals surface area contributed by atoms with Crippen LogP contribution in [0, 0.1) is 13.8 Å². The third kappa shape index (κ3) is 5.23. The molecule has 2 aromatic carbocycles. The number of aromatic nitrogens is 6. The molecule has 0 saturated carbocycles. The van der Waals surface area contributed by atoms with E-state index in [0.717, 1.165) is 54.2 Å². The van der Waals surface area contributed by atoms with Crippen LogP contribution in [0.25, 0.3) is 54.5 Å². The largest absolute Gasteiger partial charge is 0.479 e. The molecule has 44 heavy (non-hydrogen) atoms. The molecular formula is C33H31ClN6O3S. The van der Waals surface area contributed by atoms with Gasteiger partial charge in [0.25, 0.3) is 0 Å². The molecule has 1 N–H and O–H groups in total. The molecule has 0 aliphatic rings. The summed E-state index contributed by atoms with van der Waals surface area (Å²) in [6.45, 7) is 11.0. The lowest BCUT2D eigenvalue weighted by Crippen LogP contribution is -2.42. The summed E-state index contributed by atoms with van der Waals surface area (Å²) in [5, 5.41) is 16.4. The number of fused-ring (bicyclic) bond motifs is 2. The van der Waals surface area contributed by atoms with Gasteiger partial charge >= 0.3 is 5.97 Å². The van der Waals surface area contributed by atoms with Gasteiger partial charge in [-0.05, 0) is 83.0 Å². The number of aryl methyl sites for hydroxylation is 3. The number of carboxylic acids is 1. The van der Waals surface area contributed by atoms with Crippen LogP contribution in [0.4, 0.5) is 0 Å². The van der Waals surface area contributed by atoms with Gasteiger partial charge in [-0.25, -0.2) is 19.7 Å². The number of benzene rings is 2. The number of carboxylic acid groups (broad SMARTS) is 1. The van der Waals surface area contributed by atoms with Gasteiger partial charge in [0.05, 0.1) is 27.7 Å². The lowest BCUT2D eigenvalue weighted by atomic mass is 9.84. The van der Waals surface area contributed by atoms with Gasteiger partial charge < -0.3 is 9.84 Å². The Morgan fingerprint density at radius 1 is 1.00 bits per heavy atom. The summed E-state index contributed by atoms with van der Waals surface area (Å²) in [6.07, 6.45) is 3.47. The highest BCUT2D eigenvalue weighted by atomic mass is 35.5. The second kappa shape index (κ2) is 10.7. The highest BCUT2D eigenvalue weighted by molar-refractivity contribution is 7.22. The number of nitrogens with zero attached hydrogens (tertiary/aromatic N) is 6. The molecule has 6 aromatic rings. The maximum atomic E-state index is 12.9. The van der Waals surface area contributed by atoms with E-state index in [4.69, 9.17) is 26.3 Å². The zero-order valence-electron chi connectivity index (χ0n) is 25.4. The molecule has 0 aliphatic carbocycles. The first-order chi connectivity index (χ1) is 20.7. The summed E-state index contributed by atoms with van der Waals surface area (Å²) in [5.74, 6) is -0.581. The van der Waals surface area contributed by atoms with Crippen molar-refractivity contribution in [2.75, 3.05) is 0 Å². The van der Waals surface area contributed by atoms with E-state index in [0.29, 0.717) is 22.1 Å². The van der Waals surface area contributed by atoms with Gasteiger partial charge in [-0.15, -0.1) is 11.3 Å². The van der Waals surface area contributed by atoms with Crippen molar-refractivity contribution in [2.24, 2.45) is 7.05 Å². The summed E-state index contributed by atoms with van der Waals surface area (Å²) in [7, 11) is 1.87. The monoisotopic (exact) mass is 626 g/mol. The normalized spacial score (nSPS) is 13.5. The summed E-state index contributed by atoms with van der Waals surface area (Å²) in [5.41, 5.74) is 5.20. The minimum atomic E-state index is -1.64. The van der Waals surface area contributed by atoms with Gasteiger partial charge in [0.15, 0.2) is 11.4 Å². The van der Waals surface area contributed by atoms with Crippen LogP contribution in [0.15, 0.2) is 54.9 Å². The van der Waals surface area contributed by atoms with Gasteiger partial charge in [-0.3, -0.25) is 9.67 Å². The predicted octanol–water partition coefficient (Wildman–Crippen LogP) is 7.75. The van der Waals surface area contributed by atoms with Crippen molar-refractivity contribution in [2.45, 2.75) is 52.7 Å². The molecule has 0 unspecified atom stereocenters. The number of aliphatic carboxylic acids is 1. The number of hydrogen-bond acceptors (Lipinski definition) is 8. The lowest BCUT2D eigenvalue weighted by molar-refractivity contribution is -0.183. The number of carbonyl (C=O) groups is 1. The molecule has 0 spiro atoms. The van der Waals surface area contributed by atoms with Crippen molar-refractivity contribution in [1.29, 1.82) is 0 Å². The summed E-state index contributed by atoms with van der Waals surface area (Å²) in [6, 6.07) is 13.2. The number of halogens is 1. The first-order valence-corrected chi connectivity index (χ1v) is 15.2. The molecular weight excluding hydrogens is 596 g/mol. The van der Waals surface area contributed by atoms with E-state index in [1.54, 1.807) is 36.1 Å². The van der Waals surface area contributed by atoms with Crippen LogP contribution in [0.5, 0.6) is 0 Å². The van der Waals surface area contributed by atoms with E-state index in [1.807, 2.05) is 72.0 Å². The highest BCUT2D eigenvalue weighted by Gasteiger charge is 2.44. The van der Waals surface area contributed by atoms with E-state index < -0.39 is 17.2 Å². The number of rotatable bonds is 6. The molecule has 0 radical (unpaired) electrons. The van der Waals surface area contributed by atoms with Gasteiger partial charge in [0, 0.05) is 35.0 Å². The quantitative estimate of drug-likeness (QED) is 0.199. The Balaban J connectivity index is 1.56. The van der Waals surface area contributed by atoms with E-state index in [-0.39, 0.29) is 0 Å². The van der Waals surface area contributed by atoms with Gasteiger partial charge in [0.1, 0.15) is 21.7 Å². The van der Waals surface area contributed by atoms with Crippen LogP contribution < -0.4 is 0 Å². The Bertz CT molecular complexity index is 2080. The zero-order chi connectivity index (χ0) is 31.6. The minimum Gasteiger partial charge on any atom is -0.479 e. The molecule has 4 heterocycles. The fraction of sp³-hybridized carbons (Fsp3) is 0.273. The summed E-state index contributed by atoms with van der Waals surface area (Å²) >= 11 is 7.74. The van der Waals surface area contributed by atoms with Gasteiger partial charge in [-0.2, -0.15) is 5.10 Å². The van der Waals surface area contributed by atoms with E-state index >= 15 is 0 Å². The van der Waals surface area contributed by atoms with Crippen LogP contribution in [0.1, 0.15) is 44.5 Å². The maximum Gasteiger partial charge on any atom is 0.340 e. The van der Waals surface area contributed by atoms with Crippen LogP contribution >= 0.6 is 22.9 Å². The number of hydrogen-bond donors (Lipinski definition) is 1. The number of thiazole rings is 1. The minimum absolute atomic E-state index is 0.494. The molecule has 0 aliphatic heterocycles. The number of pyridine rings is 1. The van der Waals surface area contributed by atoms with E-state index in [1.165, 1.54) is 11.3 Å². The zero-order valence-corrected chi connectivity index (χ0v) is 27.0. The summed E-state index contributed by atoms with van der Waals surface area (Å²) < 4.78 is 8.92. The molecule has 0 fully saturated rings. The molecule has 1 atom stereocenters. The Morgan fingerprint density at radius 2 is 1.73 bits per heavy atom. The van der Waals surface area contributed by atoms with Crippen LogP contribution in [-0.4, -0.2) is 46.4 Å². The fourth-order valence-electron chi connectivity index (χ4n) is 5.66. The third-order valence-electron chi connectivity index (χ3n) is 7.40. The van der Waals surface area contributed by atoms with Crippen molar-refractivity contribution in [3.8, 4) is 33.2 Å². The Hall–Kier alpha value is -4.25. The van der Waals surface area contributed by atoms with Crippen molar-refractivity contribution in [3.63, 3.8) is 0 Å². The SMILES string of the molecule is Cc1cc2nc(-c3ccnc(-c4ncc5c(n4)c(C)nn5C)c3)sc2c(-c2ccc(Cl)cc2)c1[C@](C)(OC(C)(C)C)C(=O)O. The Labute approximate surface area is 263 Å². The highest BCUT2D eigenvalue weighted by Crippen LogP contribution is 2.46. The van der Waals surface area contributed by atoms with Crippen LogP contribution in [-0.2, 0) is 22.2 Å². The second-order valence-electron chi connectivity index (χ2n) is 11.9. The molecule has 0 amide bonds. The number of ether oxygens (including phenoxy) is 1. The molecule has 0 bridgehead atoms. The second-order valence-corrected chi connectivity index (χ2v) is 13.4. The van der Waals surface area contributed by atoms with E-state index in [2.05, 4.69) is 15.1 Å². The third-order valence-corrected chi connectivity index (χ3v) is 8.79. The smallest absolute Gasteiger partial charge is 0.340 e. The Kier molecular flexibility index (Phi) is 7.27. The standard InChI is InChI=1S/C33H31ClN6O3S/c1-17-14-22-28(25(19-8-10-21(34)11-9-19)26(17)33(6,31(41)42)43-32(3,4)5)44-30(37-22)20-12-13-35-23(15-20)29-36-16-24-27(38-29)18(2)39-40(24)7/h8-16H,1-7H3,(H,41,42)/t33-/m0/s1. The molecule has 0 saturated heterocycles. The van der Waals surface area contributed by atoms with Gasteiger partial charge in [0.2, 0.25) is 0 Å². The van der Waals surface area contributed by atoms with Crippen LogP contribution in [0.2, 0.25) is 5.02 Å². The van der Waals surface area contributed by atoms with Crippen LogP contribution in [0.3, 0.4) is 0 Å².